The summed E-state index contributed by atoms with van der Waals surface area (Å²) >= 11 is 0. The molecule has 2 aromatic heterocycles. The third-order valence-electron chi connectivity index (χ3n) is 9.23. The van der Waals surface area contributed by atoms with E-state index in [1.807, 2.05) is 18.2 Å². The van der Waals surface area contributed by atoms with Crippen LogP contribution in [0.2, 0.25) is 0 Å². The van der Waals surface area contributed by atoms with Gasteiger partial charge >= 0.3 is 25.7 Å². The van der Waals surface area contributed by atoms with Crippen LogP contribution in [-0.2, 0) is 52.8 Å². The summed E-state index contributed by atoms with van der Waals surface area (Å²) in [5.74, 6) is -2.67. The van der Waals surface area contributed by atoms with Gasteiger partial charge in [-0.15, -0.1) is 0 Å². The molecule has 16 nitrogen and oxygen atoms in total. The van der Waals surface area contributed by atoms with Gasteiger partial charge in [-0.05, 0) is 51.3 Å². The molecule has 0 amide bonds. The van der Waals surface area contributed by atoms with E-state index in [4.69, 9.17) is 38.5 Å². The van der Waals surface area contributed by atoms with Crippen LogP contribution in [-0.4, -0.2) is 82.8 Å². The van der Waals surface area contributed by atoms with E-state index >= 15 is 0 Å². The van der Waals surface area contributed by atoms with Crippen molar-refractivity contribution in [3.8, 4) is 5.75 Å². The highest BCUT2D eigenvalue weighted by Gasteiger charge is 2.59. The average molecular weight is 784 g/mol. The smallest absolute Gasteiger partial charge is 0.459 e. The zero-order valence-electron chi connectivity index (χ0n) is 32.5. The third-order valence-corrected chi connectivity index (χ3v) is 10.9. The highest BCUT2D eigenvalue weighted by molar-refractivity contribution is 7.52. The number of nitrogens with one attached hydrogen (secondary N) is 1. The van der Waals surface area contributed by atoms with Crippen molar-refractivity contribution in [1.82, 2.24) is 19.7 Å². The molecule has 4 aromatic rings. The molecule has 0 saturated carbocycles. The number of nitrogen functional groups attached to an aromatic ring is 1. The lowest BCUT2D eigenvalue weighted by Gasteiger charge is -2.31. The van der Waals surface area contributed by atoms with Crippen molar-refractivity contribution in [1.29, 1.82) is 0 Å². The third kappa shape index (κ3) is 9.27. The van der Waals surface area contributed by atoms with Gasteiger partial charge in [-0.1, -0.05) is 64.1 Å². The summed E-state index contributed by atoms with van der Waals surface area (Å²) in [7, 11) is -3.03. The fourth-order valence-electron chi connectivity index (χ4n) is 5.85. The van der Waals surface area contributed by atoms with Gasteiger partial charge in [0.2, 0.25) is 0 Å². The van der Waals surface area contributed by atoms with Crippen LogP contribution in [0.3, 0.4) is 0 Å². The van der Waals surface area contributed by atoms with Crippen molar-refractivity contribution < 1.29 is 51.7 Å². The summed E-state index contributed by atoms with van der Waals surface area (Å²) in [5, 5.41) is 8.50. The number of aromatic nitrogens is 3. The lowest BCUT2D eigenvalue weighted by atomic mass is 9.92. The fourth-order valence-corrected chi connectivity index (χ4v) is 7.38. The van der Waals surface area contributed by atoms with Gasteiger partial charge < -0.3 is 33.9 Å². The Morgan fingerprint density at radius 1 is 0.982 bits per heavy atom. The quantitative estimate of drug-likeness (QED) is 0.0835. The van der Waals surface area contributed by atoms with Crippen LogP contribution in [0.4, 0.5) is 5.82 Å². The van der Waals surface area contributed by atoms with Crippen molar-refractivity contribution in [2.45, 2.75) is 90.9 Å². The molecule has 1 aliphatic heterocycles. The largest absolute Gasteiger partial charge is 0.461 e. The van der Waals surface area contributed by atoms with Crippen molar-refractivity contribution in [3.63, 3.8) is 0 Å². The number of fused-ring (bicyclic) bond motifs is 2. The topological polar surface area (TPSA) is 201 Å². The van der Waals surface area contributed by atoms with E-state index in [1.165, 1.54) is 24.9 Å². The molecule has 6 atom stereocenters. The van der Waals surface area contributed by atoms with Gasteiger partial charge in [0.15, 0.2) is 18.0 Å². The minimum atomic E-state index is -4.52. The van der Waals surface area contributed by atoms with E-state index in [2.05, 4.69) is 15.2 Å². The monoisotopic (exact) mass is 783 g/mol. The number of ether oxygens (including phenoxy) is 5. The summed E-state index contributed by atoms with van der Waals surface area (Å²) in [6, 6.07) is 14.7. The minimum Gasteiger partial charge on any atom is -0.461 e. The second-order valence-electron chi connectivity index (χ2n) is 14.8. The molecule has 1 fully saturated rings. The van der Waals surface area contributed by atoms with Crippen LogP contribution < -0.4 is 15.3 Å². The second kappa shape index (κ2) is 16.6. The molecule has 0 radical (unpaired) electrons. The first-order valence-corrected chi connectivity index (χ1v) is 19.5. The zero-order valence-corrected chi connectivity index (χ0v) is 33.4. The fraction of sp³-hybridized carbons (Fsp3) is 0.500. The number of hydrogen-bond acceptors (Lipinski definition) is 14. The molecular formula is C38H50N5O11P. The number of esters is 3. The summed E-state index contributed by atoms with van der Waals surface area (Å²) in [4.78, 5) is 43.7. The molecule has 17 heteroatoms. The Morgan fingerprint density at radius 2 is 1.65 bits per heavy atom. The van der Waals surface area contributed by atoms with Crippen LogP contribution in [0.25, 0.3) is 16.3 Å². The Morgan fingerprint density at radius 3 is 2.35 bits per heavy atom. The number of nitrogens with two attached hydrogens (primary N) is 1. The van der Waals surface area contributed by atoms with E-state index in [1.54, 1.807) is 84.9 Å². The van der Waals surface area contributed by atoms with Gasteiger partial charge in [0.05, 0.1) is 29.7 Å². The predicted molar refractivity (Wildman–Crippen MR) is 202 cm³/mol. The van der Waals surface area contributed by atoms with Gasteiger partial charge in [-0.3, -0.25) is 18.9 Å². The predicted octanol–water partition coefficient (Wildman–Crippen LogP) is 5.36. The van der Waals surface area contributed by atoms with Gasteiger partial charge in [0, 0.05) is 12.5 Å². The molecule has 0 spiro atoms. The molecule has 3 heterocycles. The average Bonchev–Trinajstić information content (AvgIpc) is 3.70. The molecular weight excluding hydrogens is 733 g/mol. The van der Waals surface area contributed by atoms with Crippen molar-refractivity contribution in [2.75, 3.05) is 26.1 Å². The number of carbonyl (C=O) groups is 3. The Bertz CT molecular complexity index is 2070. The van der Waals surface area contributed by atoms with Crippen LogP contribution >= 0.6 is 7.75 Å². The van der Waals surface area contributed by atoms with E-state index < -0.39 is 79.7 Å². The lowest BCUT2D eigenvalue weighted by Crippen LogP contribution is -2.46. The number of carbonyl (C=O) groups excluding carboxylic acids is 3. The normalized spacial score (nSPS) is 21.8. The minimum absolute atomic E-state index is 0.0808. The maximum atomic E-state index is 14.9. The van der Waals surface area contributed by atoms with Gasteiger partial charge in [0.1, 0.15) is 41.9 Å². The van der Waals surface area contributed by atoms with Crippen LogP contribution in [0, 0.1) is 11.8 Å². The van der Waals surface area contributed by atoms with E-state index in [9.17, 15) is 18.9 Å². The molecule has 1 unspecified atom stereocenters. The molecule has 2 aromatic carbocycles. The van der Waals surface area contributed by atoms with Gasteiger partial charge in [-0.25, -0.2) is 14.1 Å². The molecule has 3 N–H and O–H groups in total. The molecule has 298 valence electrons. The number of methoxy groups -OCH3 is 1. The van der Waals surface area contributed by atoms with E-state index in [-0.39, 0.29) is 18.2 Å². The first-order valence-electron chi connectivity index (χ1n) is 18.0. The lowest BCUT2D eigenvalue weighted by molar-refractivity contribution is -0.175. The van der Waals surface area contributed by atoms with Crippen LogP contribution in [0.5, 0.6) is 5.75 Å². The summed E-state index contributed by atoms with van der Waals surface area (Å²) < 4.78 is 58.2. The van der Waals surface area contributed by atoms with E-state index in [0.29, 0.717) is 16.6 Å². The Kier molecular flexibility index (Phi) is 12.6. The standard InChI is InChI=1S/C38H50N5O11P/c1-22(2)34(44)51-31-29(53-38(8,32(31)52-35(45)23(3)4)30-18-17-27-33(39)40-21-41-43(27)30)19-50-55(47,42-24(5)36(46)49-20-37(6,7)48-9)54-28-16-12-14-25-13-10-11-15-26(25)28/h10-18,21-24,29,31-32H,19-20H2,1-9H3,(H,42,47)(H2,39,40,41)/t24-,29+,31+,32+,38-,55?/m0/s1. The van der Waals surface area contributed by atoms with Crippen molar-refractivity contribution in [2.24, 2.45) is 11.8 Å². The van der Waals surface area contributed by atoms with Crippen molar-refractivity contribution in [3.05, 3.63) is 66.6 Å². The van der Waals surface area contributed by atoms with Gasteiger partial charge in [-0.2, -0.15) is 10.2 Å². The molecule has 55 heavy (non-hydrogen) atoms. The maximum Gasteiger partial charge on any atom is 0.459 e. The molecule has 5 rings (SSSR count). The number of rotatable bonds is 16. The van der Waals surface area contributed by atoms with E-state index in [0.717, 1.165) is 5.39 Å². The van der Waals surface area contributed by atoms with Gasteiger partial charge in [0.25, 0.3) is 0 Å². The Balaban J connectivity index is 1.54. The van der Waals surface area contributed by atoms with Crippen LogP contribution in [0.15, 0.2) is 60.9 Å². The Hall–Kier alpha value is -4.60. The number of nitrogens with zero attached hydrogens (tertiary/aromatic N) is 3. The first kappa shape index (κ1) is 41.6. The SMILES string of the molecule is COC(C)(C)COC(=O)[C@H](C)NP(=O)(OC[C@H]1O[C@@](C)(c2ccc3c(N)ncnn23)[C@H](OC(=O)C(C)C)[C@@H]1OC(=O)C(C)C)Oc1cccc2ccccc12. The second-order valence-corrected chi connectivity index (χ2v) is 16.5. The van der Waals surface area contributed by atoms with Crippen molar-refractivity contribution >= 4 is 47.8 Å². The number of anilines is 1. The molecule has 1 aliphatic rings. The zero-order chi connectivity index (χ0) is 40.3. The van der Waals surface area contributed by atoms with Crippen LogP contribution in [0.1, 0.15) is 61.1 Å². The highest BCUT2D eigenvalue weighted by atomic mass is 31.2. The number of hydrogen-bond donors (Lipinski definition) is 2. The molecule has 0 aliphatic carbocycles. The Labute approximate surface area is 319 Å². The summed E-state index contributed by atoms with van der Waals surface area (Å²) in [6.45, 7) is 12.6. The number of benzene rings is 2. The summed E-state index contributed by atoms with van der Waals surface area (Å²) in [6.07, 6.45) is -2.47. The first-order chi connectivity index (χ1) is 25.9. The maximum absolute atomic E-state index is 14.9. The molecule has 0 bridgehead atoms. The molecule has 1 saturated heterocycles. The highest BCUT2D eigenvalue weighted by Crippen LogP contribution is 2.49. The summed E-state index contributed by atoms with van der Waals surface area (Å²) in [5.41, 5.74) is 4.69.